The quantitative estimate of drug-likeness (QED) is 0.810. The molecule has 0 aliphatic rings. The molecule has 6 nitrogen and oxygen atoms in total. The Balaban J connectivity index is 2.71. The first-order valence-corrected chi connectivity index (χ1v) is 7.40. The number of amides is 1. The van der Waals surface area contributed by atoms with Crippen molar-refractivity contribution in [1.82, 2.24) is 5.32 Å². The maximum atomic E-state index is 12.2. The summed E-state index contributed by atoms with van der Waals surface area (Å²) >= 11 is 0. The maximum absolute atomic E-state index is 12.2. The number of carboxylic acids is 1. The Morgan fingerprint density at radius 3 is 2.40 bits per heavy atom. The van der Waals surface area contributed by atoms with Crippen LogP contribution in [-0.2, 0) is 16.0 Å². The van der Waals surface area contributed by atoms with Gasteiger partial charge in [-0.3, -0.25) is 4.79 Å². The highest BCUT2D eigenvalue weighted by atomic mass is 19.4. The van der Waals surface area contributed by atoms with Crippen LogP contribution in [0.4, 0.5) is 18.0 Å². The summed E-state index contributed by atoms with van der Waals surface area (Å²) in [6.45, 7) is 4.75. The molecule has 1 aromatic carbocycles. The van der Waals surface area contributed by atoms with Crippen molar-refractivity contribution in [3.05, 3.63) is 29.8 Å². The predicted octanol–water partition coefficient (Wildman–Crippen LogP) is 3.35. The number of carbonyl (C=O) groups is 2. The third-order valence-corrected chi connectivity index (χ3v) is 2.86. The molecule has 25 heavy (non-hydrogen) atoms. The molecule has 140 valence electrons. The van der Waals surface area contributed by atoms with E-state index in [1.807, 2.05) is 0 Å². The molecule has 0 saturated heterocycles. The van der Waals surface area contributed by atoms with E-state index in [0.717, 1.165) is 12.1 Å². The zero-order valence-corrected chi connectivity index (χ0v) is 14.0. The van der Waals surface area contributed by atoms with Gasteiger partial charge in [-0.2, -0.15) is 0 Å². The summed E-state index contributed by atoms with van der Waals surface area (Å²) in [4.78, 5) is 22.9. The largest absolute Gasteiger partial charge is 0.573 e. The summed E-state index contributed by atoms with van der Waals surface area (Å²) in [6.07, 6.45) is -5.68. The summed E-state index contributed by atoms with van der Waals surface area (Å²) in [5, 5.41) is 11.6. The molecule has 9 heteroatoms. The number of hydrogen-bond donors (Lipinski definition) is 2. The van der Waals surface area contributed by atoms with Gasteiger partial charge in [-0.1, -0.05) is 12.1 Å². The SMILES string of the molecule is CC(C)(C)OC(=O)NC[C@H](Cc1cccc(OC(F)(F)F)c1)C(=O)O. The van der Waals surface area contributed by atoms with Gasteiger partial charge in [-0.15, -0.1) is 13.2 Å². The molecule has 1 atom stereocenters. The predicted molar refractivity (Wildman–Crippen MR) is 82.2 cm³/mol. The van der Waals surface area contributed by atoms with E-state index in [2.05, 4.69) is 10.1 Å². The Bertz CT molecular complexity index is 611. The van der Waals surface area contributed by atoms with Gasteiger partial charge in [0.15, 0.2) is 0 Å². The molecular formula is C16H20F3NO5. The molecule has 0 spiro atoms. The highest BCUT2D eigenvalue weighted by Gasteiger charge is 2.31. The number of ether oxygens (including phenoxy) is 2. The minimum Gasteiger partial charge on any atom is -0.481 e. The summed E-state index contributed by atoms with van der Waals surface area (Å²) in [5.74, 6) is -2.67. The Hall–Kier alpha value is -2.45. The molecule has 1 amide bonds. The fourth-order valence-corrected chi connectivity index (χ4v) is 1.92. The number of aliphatic carboxylic acids is 1. The second-order valence-electron chi connectivity index (χ2n) is 6.32. The number of carbonyl (C=O) groups excluding carboxylic acids is 1. The van der Waals surface area contributed by atoms with Crippen LogP contribution in [0.2, 0.25) is 0 Å². The monoisotopic (exact) mass is 363 g/mol. The molecular weight excluding hydrogens is 343 g/mol. The van der Waals surface area contributed by atoms with Gasteiger partial charge in [0.1, 0.15) is 11.4 Å². The molecule has 2 N–H and O–H groups in total. The van der Waals surface area contributed by atoms with Gasteiger partial charge in [0.05, 0.1) is 5.92 Å². The van der Waals surface area contributed by atoms with Gasteiger partial charge in [0.25, 0.3) is 0 Å². The van der Waals surface area contributed by atoms with Crippen molar-refractivity contribution in [2.75, 3.05) is 6.54 Å². The second kappa shape index (κ2) is 8.09. The van der Waals surface area contributed by atoms with Gasteiger partial charge in [0.2, 0.25) is 0 Å². The van der Waals surface area contributed by atoms with Gasteiger partial charge in [-0.05, 0) is 44.9 Å². The van der Waals surface area contributed by atoms with E-state index in [0.29, 0.717) is 5.56 Å². The lowest BCUT2D eigenvalue weighted by Gasteiger charge is -2.21. The standard InChI is InChI=1S/C16H20F3NO5/c1-15(2,3)25-14(23)20-9-11(13(21)22)7-10-5-4-6-12(8-10)24-16(17,18)19/h4-6,8,11H,7,9H2,1-3H3,(H,20,23)(H,21,22)/t11-/m0/s1. The molecule has 0 saturated carbocycles. The summed E-state index contributed by atoms with van der Waals surface area (Å²) in [5.41, 5.74) is -0.397. The van der Waals surface area contributed by atoms with Crippen molar-refractivity contribution in [2.45, 2.75) is 39.2 Å². The molecule has 1 rings (SSSR count). The van der Waals surface area contributed by atoms with Crippen LogP contribution in [0, 0.1) is 5.92 Å². The van der Waals surface area contributed by atoms with Crippen LogP contribution >= 0.6 is 0 Å². The van der Waals surface area contributed by atoms with Crippen LogP contribution in [0.3, 0.4) is 0 Å². The number of alkyl carbamates (subject to hydrolysis) is 1. The number of halogens is 3. The van der Waals surface area contributed by atoms with E-state index in [1.165, 1.54) is 12.1 Å². The average molecular weight is 363 g/mol. The van der Waals surface area contributed by atoms with E-state index in [1.54, 1.807) is 20.8 Å². The zero-order valence-electron chi connectivity index (χ0n) is 14.0. The van der Waals surface area contributed by atoms with Crippen LogP contribution in [-0.4, -0.2) is 35.7 Å². The van der Waals surface area contributed by atoms with Crippen LogP contribution < -0.4 is 10.1 Å². The van der Waals surface area contributed by atoms with Crippen molar-refractivity contribution < 1.29 is 37.3 Å². The van der Waals surface area contributed by atoms with Crippen LogP contribution in [0.25, 0.3) is 0 Å². The second-order valence-corrected chi connectivity index (χ2v) is 6.32. The Labute approximate surface area is 142 Å². The lowest BCUT2D eigenvalue weighted by atomic mass is 9.99. The third-order valence-electron chi connectivity index (χ3n) is 2.86. The molecule has 0 heterocycles. The van der Waals surface area contributed by atoms with E-state index in [4.69, 9.17) is 4.74 Å². The molecule has 0 unspecified atom stereocenters. The lowest BCUT2D eigenvalue weighted by Crippen LogP contribution is -2.37. The summed E-state index contributed by atoms with van der Waals surface area (Å²) < 4.78 is 45.5. The fourth-order valence-electron chi connectivity index (χ4n) is 1.92. The normalized spacial score (nSPS) is 13.0. The van der Waals surface area contributed by atoms with Crippen molar-refractivity contribution in [3.8, 4) is 5.75 Å². The lowest BCUT2D eigenvalue weighted by molar-refractivity contribution is -0.274. The molecule has 0 fully saturated rings. The topological polar surface area (TPSA) is 84.9 Å². The van der Waals surface area contributed by atoms with Gasteiger partial charge in [0, 0.05) is 6.54 Å². The fraction of sp³-hybridized carbons (Fsp3) is 0.500. The minimum absolute atomic E-state index is 0.0831. The highest BCUT2D eigenvalue weighted by molar-refractivity contribution is 5.73. The highest BCUT2D eigenvalue weighted by Crippen LogP contribution is 2.24. The zero-order chi connectivity index (χ0) is 19.3. The average Bonchev–Trinajstić information content (AvgIpc) is 2.39. The van der Waals surface area contributed by atoms with E-state index >= 15 is 0 Å². The molecule has 0 aromatic heterocycles. The summed E-state index contributed by atoms with van der Waals surface area (Å²) in [6, 6.07) is 5.03. The van der Waals surface area contributed by atoms with Crippen molar-refractivity contribution in [2.24, 2.45) is 5.92 Å². The Kier molecular flexibility index (Phi) is 6.66. The smallest absolute Gasteiger partial charge is 0.481 e. The number of nitrogens with one attached hydrogen (secondary N) is 1. The van der Waals surface area contributed by atoms with Crippen LogP contribution in [0.5, 0.6) is 5.75 Å². The first-order valence-electron chi connectivity index (χ1n) is 7.40. The number of carboxylic acid groups (broad SMARTS) is 1. The summed E-state index contributed by atoms with van der Waals surface area (Å²) in [7, 11) is 0. The van der Waals surface area contributed by atoms with Crippen LogP contribution in [0.15, 0.2) is 24.3 Å². The van der Waals surface area contributed by atoms with E-state index in [9.17, 15) is 27.9 Å². The van der Waals surface area contributed by atoms with Crippen molar-refractivity contribution in [1.29, 1.82) is 0 Å². The Morgan fingerprint density at radius 2 is 1.88 bits per heavy atom. The number of alkyl halides is 3. The van der Waals surface area contributed by atoms with Gasteiger partial charge >= 0.3 is 18.4 Å². The van der Waals surface area contributed by atoms with Crippen molar-refractivity contribution >= 4 is 12.1 Å². The Morgan fingerprint density at radius 1 is 1.24 bits per heavy atom. The van der Waals surface area contributed by atoms with E-state index < -0.39 is 35.7 Å². The maximum Gasteiger partial charge on any atom is 0.573 e. The number of hydrogen-bond acceptors (Lipinski definition) is 4. The molecule has 0 bridgehead atoms. The van der Waals surface area contributed by atoms with Crippen molar-refractivity contribution in [3.63, 3.8) is 0 Å². The molecule has 0 aliphatic carbocycles. The van der Waals surface area contributed by atoms with Gasteiger partial charge < -0.3 is 19.9 Å². The molecule has 0 radical (unpaired) electrons. The van der Waals surface area contributed by atoms with Crippen LogP contribution in [0.1, 0.15) is 26.3 Å². The third kappa shape index (κ3) is 8.83. The first kappa shape index (κ1) is 20.6. The van der Waals surface area contributed by atoms with Gasteiger partial charge in [-0.25, -0.2) is 4.79 Å². The first-order chi connectivity index (χ1) is 11.4. The molecule has 0 aliphatic heterocycles. The number of benzene rings is 1. The molecule has 1 aromatic rings. The van der Waals surface area contributed by atoms with E-state index in [-0.39, 0.29) is 13.0 Å². The number of rotatable bonds is 6. The minimum atomic E-state index is -4.83.